The van der Waals surface area contributed by atoms with Gasteiger partial charge in [-0.05, 0) is 45.7 Å². The fraction of sp³-hybridized carbons (Fsp3) is 0.917. The first kappa shape index (κ1) is 11.9. The molecule has 0 aromatic heterocycles. The average Bonchev–Trinajstić information content (AvgIpc) is 2.74. The highest BCUT2D eigenvalue weighted by atomic mass is 16.5. The van der Waals surface area contributed by atoms with E-state index in [-0.39, 0.29) is 0 Å². The summed E-state index contributed by atoms with van der Waals surface area (Å²) >= 11 is 0. The number of nitrogens with zero attached hydrogens (tertiary/aromatic N) is 1. The van der Waals surface area contributed by atoms with Crippen molar-refractivity contribution in [3.8, 4) is 0 Å². The maximum atomic E-state index is 11.1. The largest absolute Gasteiger partial charge is 0.481 e. The molecular formula is C12H21NO3. The van der Waals surface area contributed by atoms with Crippen molar-refractivity contribution in [3.63, 3.8) is 0 Å². The smallest absolute Gasteiger partial charge is 0.309 e. The summed E-state index contributed by atoms with van der Waals surface area (Å²) in [5.74, 6) is -0.649. The summed E-state index contributed by atoms with van der Waals surface area (Å²) in [5.41, 5.74) is -0.507. The summed E-state index contributed by atoms with van der Waals surface area (Å²) in [6.07, 6.45) is 4.23. The molecule has 0 bridgehead atoms. The Balaban J connectivity index is 1.78. The minimum absolute atomic E-state index is 0.384. The molecule has 0 aliphatic carbocycles. The number of piperidine rings is 1. The van der Waals surface area contributed by atoms with E-state index in [9.17, 15) is 4.79 Å². The molecule has 0 aromatic carbocycles. The molecule has 4 nitrogen and oxygen atoms in total. The summed E-state index contributed by atoms with van der Waals surface area (Å²) in [5, 5.41) is 9.12. The van der Waals surface area contributed by atoms with Crippen LogP contribution in [-0.2, 0) is 9.53 Å². The predicted octanol–water partition coefficient (Wildman–Crippen LogP) is 1.35. The van der Waals surface area contributed by atoms with Crippen molar-refractivity contribution in [1.82, 2.24) is 4.90 Å². The van der Waals surface area contributed by atoms with Crippen molar-refractivity contribution in [3.05, 3.63) is 0 Å². The van der Waals surface area contributed by atoms with Gasteiger partial charge >= 0.3 is 5.97 Å². The van der Waals surface area contributed by atoms with Crippen LogP contribution in [0.1, 0.15) is 32.6 Å². The standard InChI is InChI=1S/C12H21NO3/c1-12(11(14)15)4-6-13(7-5-12)9-10-3-2-8-16-10/h10H,2-9H2,1H3,(H,14,15). The van der Waals surface area contributed by atoms with Gasteiger partial charge in [0, 0.05) is 13.2 Å². The highest BCUT2D eigenvalue weighted by Crippen LogP contribution is 2.31. The average molecular weight is 227 g/mol. The summed E-state index contributed by atoms with van der Waals surface area (Å²) in [6, 6.07) is 0. The van der Waals surface area contributed by atoms with Gasteiger partial charge in [-0.15, -0.1) is 0 Å². The van der Waals surface area contributed by atoms with E-state index in [1.54, 1.807) is 0 Å². The van der Waals surface area contributed by atoms with Crippen LogP contribution < -0.4 is 0 Å². The van der Waals surface area contributed by atoms with Crippen LogP contribution >= 0.6 is 0 Å². The first-order chi connectivity index (χ1) is 7.60. The molecule has 2 fully saturated rings. The lowest BCUT2D eigenvalue weighted by Gasteiger charge is -2.37. The molecule has 1 unspecified atom stereocenters. The van der Waals surface area contributed by atoms with Gasteiger partial charge in [0.25, 0.3) is 0 Å². The summed E-state index contributed by atoms with van der Waals surface area (Å²) < 4.78 is 5.60. The molecule has 4 heteroatoms. The third kappa shape index (κ3) is 2.55. The summed E-state index contributed by atoms with van der Waals surface area (Å²) in [4.78, 5) is 13.4. The van der Waals surface area contributed by atoms with E-state index >= 15 is 0 Å². The number of ether oxygens (including phenoxy) is 1. The molecule has 2 aliphatic heterocycles. The first-order valence-electron chi connectivity index (χ1n) is 6.17. The van der Waals surface area contributed by atoms with Crippen molar-refractivity contribution < 1.29 is 14.6 Å². The highest BCUT2D eigenvalue weighted by molar-refractivity contribution is 5.74. The van der Waals surface area contributed by atoms with Crippen molar-refractivity contribution in [2.24, 2.45) is 5.41 Å². The van der Waals surface area contributed by atoms with Crippen LogP contribution in [0.3, 0.4) is 0 Å². The van der Waals surface area contributed by atoms with Crippen molar-refractivity contribution >= 4 is 5.97 Å². The Hall–Kier alpha value is -0.610. The third-order valence-corrected chi connectivity index (χ3v) is 3.96. The first-order valence-corrected chi connectivity index (χ1v) is 6.17. The number of hydrogen-bond acceptors (Lipinski definition) is 3. The van der Waals surface area contributed by atoms with Crippen LogP contribution in [0.15, 0.2) is 0 Å². The van der Waals surface area contributed by atoms with Crippen molar-refractivity contribution in [2.45, 2.75) is 38.7 Å². The number of hydrogen-bond donors (Lipinski definition) is 1. The lowest BCUT2D eigenvalue weighted by Crippen LogP contribution is -2.45. The maximum Gasteiger partial charge on any atom is 0.309 e. The van der Waals surface area contributed by atoms with Gasteiger partial charge in [0.05, 0.1) is 11.5 Å². The van der Waals surface area contributed by atoms with E-state index in [0.717, 1.165) is 45.5 Å². The molecule has 0 saturated carbocycles. The van der Waals surface area contributed by atoms with Crippen molar-refractivity contribution in [1.29, 1.82) is 0 Å². The second kappa shape index (κ2) is 4.72. The Morgan fingerprint density at radius 2 is 2.19 bits per heavy atom. The molecule has 0 radical (unpaired) electrons. The Morgan fingerprint density at radius 3 is 2.69 bits per heavy atom. The number of aliphatic carboxylic acids is 1. The minimum atomic E-state index is -0.649. The van der Waals surface area contributed by atoms with Crippen LogP contribution in [0.5, 0.6) is 0 Å². The molecule has 1 atom stereocenters. The van der Waals surface area contributed by atoms with Gasteiger partial charge in [-0.2, -0.15) is 0 Å². The van der Waals surface area contributed by atoms with Gasteiger partial charge in [-0.1, -0.05) is 0 Å². The highest BCUT2D eigenvalue weighted by Gasteiger charge is 2.37. The second-order valence-corrected chi connectivity index (χ2v) is 5.30. The molecule has 2 aliphatic rings. The molecule has 92 valence electrons. The molecule has 2 rings (SSSR count). The van der Waals surface area contributed by atoms with Crippen LogP contribution in [0.2, 0.25) is 0 Å². The fourth-order valence-corrected chi connectivity index (χ4v) is 2.52. The zero-order valence-electron chi connectivity index (χ0n) is 9.95. The van der Waals surface area contributed by atoms with Crippen LogP contribution in [0.4, 0.5) is 0 Å². The molecule has 2 heterocycles. The molecular weight excluding hydrogens is 206 g/mol. The fourth-order valence-electron chi connectivity index (χ4n) is 2.52. The molecule has 16 heavy (non-hydrogen) atoms. The summed E-state index contributed by atoms with van der Waals surface area (Å²) in [7, 11) is 0. The Bertz CT molecular complexity index is 253. The molecule has 0 spiro atoms. The number of likely N-dealkylation sites (tertiary alicyclic amines) is 1. The van der Waals surface area contributed by atoms with E-state index in [0.29, 0.717) is 6.10 Å². The van der Waals surface area contributed by atoms with Gasteiger partial charge in [-0.25, -0.2) is 0 Å². The zero-order chi connectivity index (χ0) is 11.6. The monoisotopic (exact) mass is 227 g/mol. The van der Waals surface area contributed by atoms with Gasteiger partial charge in [-0.3, -0.25) is 4.79 Å². The van der Waals surface area contributed by atoms with Gasteiger partial charge in [0.2, 0.25) is 0 Å². The van der Waals surface area contributed by atoms with Gasteiger partial charge in [0.1, 0.15) is 0 Å². The van der Waals surface area contributed by atoms with E-state index < -0.39 is 11.4 Å². The zero-order valence-corrected chi connectivity index (χ0v) is 9.95. The Labute approximate surface area is 96.6 Å². The minimum Gasteiger partial charge on any atom is -0.481 e. The van der Waals surface area contributed by atoms with Crippen LogP contribution in [0, 0.1) is 5.41 Å². The van der Waals surface area contributed by atoms with E-state index in [2.05, 4.69) is 4.90 Å². The quantitative estimate of drug-likeness (QED) is 0.790. The molecule has 2 saturated heterocycles. The Kier molecular flexibility index (Phi) is 3.50. The Morgan fingerprint density at radius 1 is 1.50 bits per heavy atom. The van der Waals surface area contributed by atoms with E-state index in [1.165, 1.54) is 6.42 Å². The molecule has 0 aromatic rings. The topological polar surface area (TPSA) is 49.8 Å². The molecule has 0 amide bonds. The van der Waals surface area contributed by atoms with E-state index in [4.69, 9.17) is 9.84 Å². The maximum absolute atomic E-state index is 11.1. The van der Waals surface area contributed by atoms with Gasteiger partial charge in [0.15, 0.2) is 0 Å². The number of rotatable bonds is 3. The van der Waals surface area contributed by atoms with E-state index in [1.807, 2.05) is 6.92 Å². The predicted molar refractivity (Wildman–Crippen MR) is 60.4 cm³/mol. The SMILES string of the molecule is CC1(C(=O)O)CCN(CC2CCCO2)CC1. The molecule has 1 N–H and O–H groups in total. The second-order valence-electron chi connectivity index (χ2n) is 5.30. The van der Waals surface area contributed by atoms with Crippen LogP contribution in [0.25, 0.3) is 0 Å². The van der Waals surface area contributed by atoms with Crippen LogP contribution in [-0.4, -0.2) is 48.3 Å². The summed E-state index contributed by atoms with van der Waals surface area (Å²) in [6.45, 7) is 5.52. The number of carboxylic acid groups (broad SMARTS) is 1. The third-order valence-electron chi connectivity index (χ3n) is 3.96. The lowest BCUT2D eigenvalue weighted by atomic mass is 9.80. The van der Waals surface area contributed by atoms with Crippen molar-refractivity contribution in [2.75, 3.05) is 26.2 Å². The van der Waals surface area contributed by atoms with Gasteiger partial charge < -0.3 is 14.7 Å². The number of carbonyl (C=O) groups is 1. The number of carboxylic acids is 1. The normalized spacial score (nSPS) is 30.4. The lowest BCUT2D eigenvalue weighted by molar-refractivity contribution is -0.150.